The van der Waals surface area contributed by atoms with Crippen LogP contribution in [-0.2, 0) is 4.74 Å². The second-order valence-electron chi connectivity index (χ2n) is 3.41. The molecule has 0 amide bonds. The summed E-state index contributed by atoms with van der Waals surface area (Å²) in [5.41, 5.74) is 4.47. The SMILES string of the molecule is COCC1(NC(N)=S)CC(F)(F)C1. The van der Waals surface area contributed by atoms with Gasteiger partial charge >= 0.3 is 0 Å². The lowest BCUT2D eigenvalue weighted by atomic mass is 9.74. The topological polar surface area (TPSA) is 47.3 Å². The van der Waals surface area contributed by atoms with Gasteiger partial charge in [0.2, 0.25) is 0 Å². The third-order valence-corrected chi connectivity index (χ3v) is 2.11. The van der Waals surface area contributed by atoms with Gasteiger partial charge in [-0.2, -0.15) is 0 Å². The van der Waals surface area contributed by atoms with Gasteiger partial charge in [-0.15, -0.1) is 0 Å². The van der Waals surface area contributed by atoms with Crippen LogP contribution in [0, 0.1) is 0 Å². The van der Waals surface area contributed by atoms with E-state index in [2.05, 4.69) is 17.5 Å². The molecule has 0 aromatic heterocycles. The van der Waals surface area contributed by atoms with Crippen molar-refractivity contribution < 1.29 is 13.5 Å². The molecule has 3 N–H and O–H groups in total. The van der Waals surface area contributed by atoms with Gasteiger partial charge in [-0.1, -0.05) is 0 Å². The summed E-state index contributed by atoms with van der Waals surface area (Å²) < 4.78 is 30.1. The quantitative estimate of drug-likeness (QED) is 0.671. The third kappa shape index (κ3) is 2.47. The minimum Gasteiger partial charge on any atom is -0.382 e. The zero-order valence-electron chi connectivity index (χ0n) is 7.27. The number of halogens is 2. The molecule has 1 aliphatic carbocycles. The van der Waals surface area contributed by atoms with Crippen molar-refractivity contribution in [3.05, 3.63) is 0 Å². The van der Waals surface area contributed by atoms with Crippen LogP contribution in [0.2, 0.25) is 0 Å². The summed E-state index contributed by atoms with van der Waals surface area (Å²) in [6, 6.07) is 0. The van der Waals surface area contributed by atoms with E-state index in [1.165, 1.54) is 7.11 Å². The second-order valence-corrected chi connectivity index (χ2v) is 3.85. The van der Waals surface area contributed by atoms with E-state index < -0.39 is 11.5 Å². The third-order valence-electron chi connectivity index (χ3n) is 2.00. The maximum absolute atomic E-state index is 12.6. The Morgan fingerprint density at radius 3 is 2.46 bits per heavy atom. The number of ether oxygens (including phenoxy) is 1. The molecule has 76 valence electrons. The first-order valence-electron chi connectivity index (χ1n) is 3.84. The monoisotopic (exact) mass is 210 g/mol. The Balaban J connectivity index is 2.54. The number of methoxy groups -OCH3 is 1. The molecule has 6 heteroatoms. The molecular weight excluding hydrogens is 198 g/mol. The number of alkyl halides is 2. The lowest BCUT2D eigenvalue weighted by molar-refractivity contribution is -0.144. The van der Waals surface area contributed by atoms with E-state index in [0.29, 0.717) is 0 Å². The van der Waals surface area contributed by atoms with Crippen molar-refractivity contribution in [2.45, 2.75) is 24.3 Å². The summed E-state index contributed by atoms with van der Waals surface area (Å²) in [5, 5.41) is 2.69. The highest BCUT2D eigenvalue weighted by atomic mass is 32.1. The van der Waals surface area contributed by atoms with Crippen LogP contribution in [-0.4, -0.2) is 30.3 Å². The number of nitrogens with one attached hydrogen (secondary N) is 1. The molecule has 0 atom stereocenters. The van der Waals surface area contributed by atoms with Gasteiger partial charge in [-0.05, 0) is 12.2 Å². The Bertz CT molecular complexity index is 215. The minimum atomic E-state index is -2.61. The lowest BCUT2D eigenvalue weighted by Gasteiger charge is -2.47. The smallest absolute Gasteiger partial charge is 0.252 e. The molecule has 0 heterocycles. The fourth-order valence-corrected chi connectivity index (χ4v) is 1.92. The highest BCUT2D eigenvalue weighted by Crippen LogP contribution is 2.45. The molecule has 0 aliphatic heterocycles. The number of hydrogen-bond donors (Lipinski definition) is 2. The van der Waals surface area contributed by atoms with Crippen LogP contribution in [0.4, 0.5) is 8.78 Å². The van der Waals surface area contributed by atoms with Gasteiger partial charge < -0.3 is 15.8 Å². The number of nitrogens with two attached hydrogens (primary N) is 1. The molecule has 13 heavy (non-hydrogen) atoms. The molecule has 1 aliphatic rings. The molecule has 0 aromatic carbocycles. The van der Waals surface area contributed by atoms with Crippen LogP contribution < -0.4 is 11.1 Å². The van der Waals surface area contributed by atoms with E-state index in [-0.39, 0.29) is 24.6 Å². The Kier molecular flexibility index (Phi) is 2.72. The van der Waals surface area contributed by atoms with Crippen LogP contribution in [0.15, 0.2) is 0 Å². The summed E-state index contributed by atoms with van der Waals surface area (Å²) in [6.45, 7) is 0.194. The van der Waals surface area contributed by atoms with E-state index in [0.717, 1.165) is 0 Å². The van der Waals surface area contributed by atoms with Crippen molar-refractivity contribution in [3.8, 4) is 0 Å². The van der Waals surface area contributed by atoms with E-state index in [9.17, 15) is 8.78 Å². The summed E-state index contributed by atoms with van der Waals surface area (Å²) in [4.78, 5) is 0. The fraction of sp³-hybridized carbons (Fsp3) is 0.857. The predicted molar refractivity (Wildman–Crippen MR) is 48.7 cm³/mol. The van der Waals surface area contributed by atoms with Gasteiger partial charge in [0.1, 0.15) is 0 Å². The maximum atomic E-state index is 12.6. The first-order valence-corrected chi connectivity index (χ1v) is 4.24. The molecule has 0 bridgehead atoms. The molecule has 0 aromatic rings. The van der Waals surface area contributed by atoms with Crippen LogP contribution in [0.3, 0.4) is 0 Å². The zero-order chi connectivity index (χ0) is 10.1. The summed E-state index contributed by atoms with van der Waals surface area (Å²) in [7, 11) is 1.46. The van der Waals surface area contributed by atoms with Crippen LogP contribution in [0.5, 0.6) is 0 Å². The molecule has 0 unspecified atom stereocenters. The van der Waals surface area contributed by atoms with Gasteiger partial charge in [0.05, 0.1) is 12.1 Å². The van der Waals surface area contributed by atoms with Crippen LogP contribution in [0.25, 0.3) is 0 Å². The average molecular weight is 210 g/mol. The molecule has 3 nitrogen and oxygen atoms in total. The standard InChI is InChI=1S/C7H12F2N2OS/c1-12-4-6(11-5(10)13)2-7(8,9)3-6/h2-4H2,1H3,(H3,10,11,13). The van der Waals surface area contributed by atoms with Gasteiger partial charge in [0, 0.05) is 20.0 Å². The van der Waals surface area contributed by atoms with Crippen molar-refractivity contribution >= 4 is 17.3 Å². The number of hydrogen-bond acceptors (Lipinski definition) is 2. The molecule has 1 rings (SSSR count). The Labute approximate surface area is 80.6 Å². The molecule has 0 saturated heterocycles. The number of rotatable bonds is 3. The first-order chi connectivity index (χ1) is 5.89. The van der Waals surface area contributed by atoms with Crippen molar-refractivity contribution in [2.24, 2.45) is 5.73 Å². The van der Waals surface area contributed by atoms with Crippen molar-refractivity contribution in [2.75, 3.05) is 13.7 Å². The number of thiocarbonyl (C=S) groups is 1. The van der Waals surface area contributed by atoms with E-state index in [1.54, 1.807) is 0 Å². The second kappa shape index (κ2) is 3.34. The van der Waals surface area contributed by atoms with E-state index >= 15 is 0 Å². The molecular formula is C7H12F2N2OS. The van der Waals surface area contributed by atoms with Gasteiger partial charge in [0.15, 0.2) is 5.11 Å². The van der Waals surface area contributed by atoms with Crippen LogP contribution in [0.1, 0.15) is 12.8 Å². The van der Waals surface area contributed by atoms with E-state index in [1.807, 2.05) is 0 Å². The van der Waals surface area contributed by atoms with Crippen LogP contribution >= 0.6 is 12.2 Å². The van der Waals surface area contributed by atoms with Gasteiger partial charge in [0.25, 0.3) is 5.92 Å². The minimum absolute atomic E-state index is 0.0348. The van der Waals surface area contributed by atoms with Crippen molar-refractivity contribution in [1.82, 2.24) is 5.32 Å². The predicted octanol–water partition coefficient (Wildman–Crippen LogP) is 0.634. The molecule has 1 saturated carbocycles. The maximum Gasteiger partial charge on any atom is 0.252 e. The van der Waals surface area contributed by atoms with Gasteiger partial charge in [-0.25, -0.2) is 8.78 Å². The Hall–Kier alpha value is -0.490. The highest BCUT2D eigenvalue weighted by Gasteiger charge is 2.56. The zero-order valence-corrected chi connectivity index (χ0v) is 8.09. The normalized spacial score (nSPS) is 23.3. The largest absolute Gasteiger partial charge is 0.382 e. The fourth-order valence-electron chi connectivity index (χ4n) is 1.70. The van der Waals surface area contributed by atoms with E-state index in [4.69, 9.17) is 10.5 Å². The Morgan fingerprint density at radius 2 is 2.15 bits per heavy atom. The van der Waals surface area contributed by atoms with Gasteiger partial charge in [-0.3, -0.25) is 0 Å². The summed E-state index contributed by atoms with van der Waals surface area (Å²) in [5.74, 6) is -2.61. The molecule has 0 radical (unpaired) electrons. The average Bonchev–Trinajstić information content (AvgIpc) is 1.80. The Morgan fingerprint density at radius 1 is 1.62 bits per heavy atom. The van der Waals surface area contributed by atoms with Crippen molar-refractivity contribution in [3.63, 3.8) is 0 Å². The highest BCUT2D eigenvalue weighted by molar-refractivity contribution is 7.80. The lowest BCUT2D eigenvalue weighted by Crippen LogP contribution is -2.65. The first kappa shape index (κ1) is 10.6. The summed E-state index contributed by atoms with van der Waals surface area (Å²) in [6.07, 6.45) is -0.545. The summed E-state index contributed by atoms with van der Waals surface area (Å²) >= 11 is 4.60. The molecule has 0 spiro atoms. The van der Waals surface area contributed by atoms with Crippen molar-refractivity contribution in [1.29, 1.82) is 0 Å². The molecule has 1 fully saturated rings.